The summed E-state index contributed by atoms with van der Waals surface area (Å²) in [6.07, 6.45) is -4.88. The summed E-state index contributed by atoms with van der Waals surface area (Å²) in [4.78, 5) is 20.3. The first kappa shape index (κ1) is 48.4. The summed E-state index contributed by atoms with van der Waals surface area (Å²) in [5.74, 6) is -4.39. The molecule has 67 heavy (non-hydrogen) atoms. The van der Waals surface area contributed by atoms with Crippen LogP contribution < -0.4 is 9.47 Å². The minimum Gasteiger partial charge on any atom is -0.505 e. The van der Waals surface area contributed by atoms with Gasteiger partial charge in [-0.3, -0.25) is 19.2 Å². The maximum atomic E-state index is 13.5. The molecule has 1 aromatic heterocycles. The van der Waals surface area contributed by atoms with Crippen molar-refractivity contribution in [1.82, 2.24) is 9.78 Å². The second-order valence-electron chi connectivity index (χ2n) is 13.1. The van der Waals surface area contributed by atoms with E-state index in [2.05, 4.69) is 35.8 Å². The van der Waals surface area contributed by atoms with Crippen LogP contribution in [0.25, 0.3) is 16.5 Å². The molecular weight excluding hydrogens is 948 g/mol. The molecule has 0 saturated heterocycles. The zero-order valence-electron chi connectivity index (χ0n) is 33.1. The molecule has 6 rings (SSSR count). The molecule has 6 aromatic rings. The molecule has 30 heteroatoms. The first-order valence-electron chi connectivity index (χ1n) is 18.2. The van der Waals surface area contributed by atoms with Crippen LogP contribution in [0.3, 0.4) is 0 Å². The summed E-state index contributed by atoms with van der Waals surface area (Å²) in [5.41, 5.74) is -6.87. The fourth-order valence-corrected chi connectivity index (χ4v) is 7.14. The number of fused-ring (bicyclic) bond motifs is 1. The molecule has 0 aliphatic carbocycles. The average Bonchev–Trinajstić information content (AvgIpc) is 3.60. The number of aromatic carboxylic acids is 1. The molecule has 0 bridgehead atoms. The Morgan fingerprint density at radius 3 is 1.87 bits per heavy atom. The lowest BCUT2D eigenvalue weighted by molar-refractivity contribution is -0.385. The number of nitro groups is 1. The number of aromatic hydroxyl groups is 2. The minimum absolute atomic E-state index is 0.200. The van der Waals surface area contributed by atoms with E-state index in [4.69, 9.17) is 9.47 Å². The fraction of sp³-hybridized carbons (Fsp3) is 0.135. The number of phenols is 1. The number of halogens is 3. The number of aromatic nitrogens is 2. The molecule has 0 atom stereocenters. The normalized spacial score (nSPS) is 12.5. The van der Waals surface area contributed by atoms with Crippen LogP contribution in [0.15, 0.2) is 119 Å². The van der Waals surface area contributed by atoms with Crippen molar-refractivity contribution < 1.29 is 83.8 Å². The number of hydrogen-bond acceptors (Lipinski definition) is 20. The summed E-state index contributed by atoms with van der Waals surface area (Å²) >= 11 is 0. The number of phenolic OH excluding ortho intramolecular Hbond substituents is 1. The van der Waals surface area contributed by atoms with E-state index in [1.165, 1.54) is 6.07 Å². The van der Waals surface area contributed by atoms with E-state index >= 15 is 0 Å². The Bertz CT molecular complexity index is 3270. The van der Waals surface area contributed by atoms with Gasteiger partial charge in [-0.15, -0.1) is 30.7 Å². The molecule has 5 aromatic carbocycles. The van der Waals surface area contributed by atoms with Crippen molar-refractivity contribution in [3.8, 4) is 28.8 Å². The van der Waals surface area contributed by atoms with E-state index in [9.17, 15) is 79.6 Å². The van der Waals surface area contributed by atoms with Crippen LogP contribution in [0, 0.1) is 10.1 Å². The number of non-ortho nitro benzene ring substituents is 1. The standard InChI is InChI=1S/C37H28F3N9O16S2/c38-37(39,40)22-3-1-2-4-23(22)41-46-32-33(36(54)55)47-48(35(32)53)19-5-7-21-18(13-19)14-30(67(61,62)63)31(34(21)52)45-44-26-17-27(64-11-9-50)25(16-28(26)65-12-10-51)43-42-24-8-6-20(49(56)57)15-29(24)66(58,59)60/h1-8,13-17,50-53H,9-12H2,(H,54,55)(H,58,59,60)(H,61,62,63). The zero-order chi connectivity index (χ0) is 49.0. The van der Waals surface area contributed by atoms with Gasteiger partial charge in [0.25, 0.3) is 25.9 Å². The largest absolute Gasteiger partial charge is 0.505 e. The predicted octanol–water partition coefficient (Wildman–Crippen LogP) is 7.54. The first-order chi connectivity index (χ1) is 31.5. The van der Waals surface area contributed by atoms with Crippen molar-refractivity contribution in [2.75, 3.05) is 26.4 Å². The third-order valence-electron chi connectivity index (χ3n) is 8.76. The number of aliphatic hydroxyl groups is 2. The molecule has 7 N–H and O–H groups in total. The van der Waals surface area contributed by atoms with E-state index in [-0.39, 0.29) is 39.3 Å². The molecule has 0 aliphatic rings. The average molecular weight is 976 g/mol. The van der Waals surface area contributed by atoms with Crippen LogP contribution >= 0.6 is 0 Å². The van der Waals surface area contributed by atoms with Crippen molar-refractivity contribution in [3.05, 3.63) is 100 Å². The van der Waals surface area contributed by atoms with E-state index in [1.54, 1.807) is 0 Å². The maximum absolute atomic E-state index is 13.5. The van der Waals surface area contributed by atoms with Gasteiger partial charge in [0.15, 0.2) is 11.4 Å². The molecule has 350 valence electrons. The summed E-state index contributed by atoms with van der Waals surface area (Å²) in [5, 5.41) is 88.0. The van der Waals surface area contributed by atoms with Crippen LogP contribution in [0.4, 0.5) is 53.0 Å². The Kier molecular flexibility index (Phi) is 13.9. The molecule has 0 radical (unpaired) electrons. The highest BCUT2D eigenvalue weighted by Crippen LogP contribution is 2.46. The summed E-state index contributed by atoms with van der Waals surface area (Å²) in [6.45, 7) is -2.02. The lowest BCUT2D eigenvalue weighted by Gasteiger charge is -2.13. The molecule has 0 unspecified atom stereocenters. The number of nitro benzene ring substituents is 1. The number of ether oxygens (including phenoxy) is 2. The number of hydrogen-bond donors (Lipinski definition) is 7. The molecule has 0 amide bonds. The summed E-state index contributed by atoms with van der Waals surface area (Å²) in [7, 11) is -10.4. The second kappa shape index (κ2) is 19.2. The maximum Gasteiger partial charge on any atom is 0.418 e. The smallest absolute Gasteiger partial charge is 0.418 e. The van der Waals surface area contributed by atoms with Crippen LogP contribution in [0.5, 0.6) is 23.1 Å². The Balaban J connectivity index is 1.44. The highest BCUT2D eigenvalue weighted by atomic mass is 32.2. The molecule has 0 saturated carbocycles. The molecule has 1 heterocycles. The van der Waals surface area contributed by atoms with E-state index in [0.717, 1.165) is 60.7 Å². The Morgan fingerprint density at radius 2 is 1.30 bits per heavy atom. The van der Waals surface area contributed by atoms with Crippen molar-refractivity contribution in [2.45, 2.75) is 16.0 Å². The summed E-state index contributed by atoms with van der Waals surface area (Å²) in [6, 6.07) is 12.3. The first-order valence-corrected chi connectivity index (χ1v) is 21.1. The second-order valence-corrected chi connectivity index (χ2v) is 15.9. The fourth-order valence-electron chi connectivity index (χ4n) is 5.84. The third kappa shape index (κ3) is 10.8. The van der Waals surface area contributed by atoms with Gasteiger partial charge < -0.3 is 35.0 Å². The number of aliphatic hydroxyl groups excluding tert-OH is 2. The van der Waals surface area contributed by atoms with Crippen molar-refractivity contribution in [1.29, 1.82) is 0 Å². The van der Waals surface area contributed by atoms with Gasteiger partial charge in [-0.05, 0) is 47.9 Å². The van der Waals surface area contributed by atoms with Gasteiger partial charge in [0.1, 0.15) is 57.3 Å². The van der Waals surface area contributed by atoms with Gasteiger partial charge in [-0.2, -0.15) is 39.8 Å². The highest BCUT2D eigenvalue weighted by Gasteiger charge is 2.34. The molecule has 0 fully saturated rings. The van der Waals surface area contributed by atoms with Gasteiger partial charge in [0, 0.05) is 29.7 Å². The van der Waals surface area contributed by atoms with Crippen LogP contribution in [0.1, 0.15) is 16.1 Å². The van der Waals surface area contributed by atoms with Crippen molar-refractivity contribution in [2.24, 2.45) is 30.7 Å². The predicted molar refractivity (Wildman–Crippen MR) is 220 cm³/mol. The number of nitrogens with zero attached hydrogens (tertiary/aromatic N) is 9. The number of benzene rings is 5. The van der Waals surface area contributed by atoms with Gasteiger partial charge in [-0.1, -0.05) is 12.1 Å². The van der Waals surface area contributed by atoms with Crippen molar-refractivity contribution >= 4 is 76.8 Å². The number of alkyl halides is 3. The third-order valence-corrected chi connectivity index (χ3v) is 10.5. The minimum atomic E-state index is -5.32. The molecular formula is C37H28F3N9O16S2. The van der Waals surface area contributed by atoms with Gasteiger partial charge >= 0.3 is 12.1 Å². The van der Waals surface area contributed by atoms with Crippen LogP contribution in [-0.2, 0) is 26.4 Å². The Morgan fingerprint density at radius 1 is 0.731 bits per heavy atom. The van der Waals surface area contributed by atoms with Gasteiger partial charge in [0.2, 0.25) is 11.6 Å². The molecule has 25 nitrogen and oxygen atoms in total. The quantitative estimate of drug-likeness (QED) is 0.0201. The monoisotopic (exact) mass is 975 g/mol. The number of carbonyl (C=O) groups is 1. The number of rotatable bonds is 17. The molecule has 0 spiro atoms. The highest BCUT2D eigenvalue weighted by molar-refractivity contribution is 7.86. The van der Waals surface area contributed by atoms with Crippen LogP contribution in [0.2, 0.25) is 0 Å². The van der Waals surface area contributed by atoms with Gasteiger partial charge in [-0.25, -0.2) is 4.79 Å². The zero-order valence-corrected chi connectivity index (χ0v) is 34.7. The van der Waals surface area contributed by atoms with E-state index in [1.807, 2.05) is 0 Å². The lowest BCUT2D eigenvalue weighted by atomic mass is 10.1. The summed E-state index contributed by atoms with van der Waals surface area (Å²) < 4.78 is 122. The Labute approximate surface area is 371 Å². The van der Waals surface area contributed by atoms with Crippen LogP contribution in [-0.4, -0.2) is 98.6 Å². The van der Waals surface area contributed by atoms with Gasteiger partial charge in [0.05, 0.1) is 35.1 Å². The van der Waals surface area contributed by atoms with Crippen molar-refractivity contribution in [3.63, 3.8) is 0 Å². The van der Waals surface area contributed by atoms with E-state index in [0.29, 0.717) is 16.8 Å². The van der Waals surface area contributed by atoms with E-state index < -0.39 is 125 Å². The Hall–Kier alpha value is -8.03. The SMILES string of the molecule is O=C(O)c1nn(-c2ccc3c(O)c(N=Nc4cc(OCCO)c(N=Nc5ccc([N+](=O)[O-])cc5S(=O)(=O)O)cc4OCCO)c(S(=O)(=O)O)cc3c2)c(O)c1N=Nc1ccccc1C(F)(F)F. The topological polar surface area (TPSA) is 381 Å². The molecule has 0 aliphatic heterocycles. The number of carboxylic acid groups (broad SMARTS) is 1. The number of carboxylic acids is 1. The lowest BCUT2D eigenvalue weighted by Crippen LogP contribution is -2.04. The number of azo groups is 3.